The van der Waals surface area contributed by atoms with E-state index >= 15 is 0 Å². The molecule has 6 heteroatoms. The largest absolute Gasteiger partial charge is 0.326 e. The van der Waals surface area contributed by atoms with Crippen LogP contribution < -0.4 is 10.5 Å². The van der Waals surface area contributed by atoms with E-state index in [0.29, 0.717) is 17.4 Å². The molecule has 0 aliphatic heterocycles. The van der Waals surface area contributed by atoms with Gasteiger partial charge in [-0.15, -0.1) is 12.4 Å². The second kappa shape index (κ2) is 6.02. The summed E-state index contributed by atoms with van der Waals surface area (Å²) in [6.45, 7) is 2.19. The molecule has 3 N–H and O–H groups in total. The Morgan fingerprint density at radius 2 is 2.11 bits per heavy atom. The number of rotatable bonds is 5. The van der Waals surface area contributed by atoms with Gasteiger partial charge >= 0.3 is 0 Å². The van der Waals surface area contributed by atoms with Crippen molar-refractivity contribution in [3.8, 4) is 0 Å². The first-order chi connectivity index (χ1) is 7.99. The third kappa shape index (κ3) is 3.95. The molecule has 0 bridgehead atoms. The molecule has 4 nitrogen and oxygen atoms in total. The van der Waals surface area contributed by atoms with E-state index in [1.807, 2.05) is 13.0 Å². The van der Waals surface area contributed by atoms with Gasteiger partial charge in [0.2, 0.25) is 10.0 Å². The highest BCUT2D eigenvalue weighted by Crippen LogP contribution is 2.31. The maximum Gasteiger partial charge on any atom is 0.240 e. The van der Waals surface area contributed by atoms with E-state index in [1.165, 1.54) is 0 Å². The summed E-state index contributed by atoms with van der Waals surface area (Å²) in [5, 5.41) is 0. The zero-order valence-corrected chi connectivity index (χ0v) is 11.9. The fourth-order valence-electron chi connectivity index (χ4n) is 1.76. The molecule has 1 atom stereocenters. The lowest BCUT2D eigenvalue weighted by Crippen LogP contribution is -2.38. The molecule has 2 rings (SSSR count). The van der Waals surface area contributed by atoms with Crippen molar-refractivity contribution in [3.05, 3.63) is 29.8 Å². The van der Waals surface area contributed by atoms with Gasteiger partial charge in [0.1, 0.15) is 0 Å². The fraction of sp³-hybridized carbons (Fsp3) is 0.500. The predicted octanol–water partition coefficient (Wildman–Crippen LogP) is 1.43. The van der Waals surface area contributed by atoms with Gasteiger partial charge in [-0.1, -0.05) is 12.1 Å². The van der Waals surface area contributed by atoms with E-state index in [9.17, 15) is 8.42 Å². The third-order valence-corrected chi connectivity index (χ3v) is 4.46. The van der Waals surface area contributed by atoms with Crippen molar-refractivity contribution >= 4 is 22.4 Å². The number of sulfonamides is 1. The van der Waals surface area contributed by atoms with E-state index in [-0.39, 0.29) is 18.4 Å². The van der Waals surface area contributed by atoms with Crippen molar-refractivity contribution in [1.82, 2.24) is 4.72 Å². The maximum absolute atomic E-state index is 12.0. The summed E-state index contributed by atoms with van der Waals surface area (Å²) in [4.78, 5) is 0.306. The molecule has 1 saturated carbocycles. The van der Waals surface area contributed by atoms with Crippen molar-refractivity contribution in [2.45, 2.75) is 30.7 Å². The topological polar surface area (TPSA) is 72.2 Å². The van der Waals surface area contributed by atoms with Crippen molar-refractivity contribution in [2.75, 3.05) is 6.54 Å². The monoisotopic (exact) mass is 290 g/mol. The van der Waals surface area contributed by atoms with Crippen LogP contribution in [0.5, 0.6) is 0 Å². The lowest BCUT2D eigenvalue weighted by Gasteiger charge is -2.12. The summed E-state index contributed by atoms with van der Waals surface area (Å²) >= 11 is 0. The Labute approximate surface area is 114 Å². The lowest BCUT2D eigenvalue weighted by molar-refractivity contribution is 0.547. The van der Waals surface area contributed by atoms with Crippen LogP contribution in [0.3, 0.4) is 0 Å². The van der Waals surface area contributed by atoms with Crippen LogP contribution in [0, 0.1) is 12.8 Å². The molecule has 0 spiro atoms. The van der Waals surface area contributed by atoms with E-state index in [1.54, 1.807) is 18.2 Å². The standard InChI is InChI=1S/C12H18N2O2S.ClH/c1-9-3-2-4-11(7-9)17(15,16)14-8-12(13)10-5-6-10;/h2-4,7,10,12,14H,5-6,8,13H2,1H3;1H. The summed E-state index contributed by atoms with van der Waals surface area (Å²) in [6.07, 6.45) is 2.24. The lowest BCUT2D eigenvalue weighted by atomic mass is 10.2. The number of aryl methyl sites for hydroxylation is 1. The molecule has 0 saturated heterocycles. The first kappa shape index (κ1) is 15.4. The first-order valence-electron chi connectivity index (χ1n) is 5.81. The molecule has 0 radical (unpaired) electrons. The highest BCUT2D eigenvalue weighted by atomic mass is 35.5. The van der Waals surface area contributed by atoms with Crippen LogP contribution in [0.15, 0.2) is 29.2 Å². The molecule has 102 valence electrons. The van der Waals surface area contributed by atoms with Crippen LogP contribution in [-0.2, 0) is 10.0 Å². The van der Waals surface area contributed by atoms with Gasteiger partial charge in [0, 0.05) is 12.6 Å². The summed E-state index contributed by atoms with van der Waals surface area (Å²) in [5.41, 5.74) is 6.80. The van der Waals surface area contributed by atoms with E-state index in [4.69, 9.17) is 5.73 Å². The smallest absolute Gasteiger partial charge is 0.240 e. The molecule has 18 heavy (non-hydrogen) atoms. The summed E-state index contributed by atoms with van der Waals surface area (Å²) in [6, 6.07) is 6.80. The van der Waals surface area contributed by atoms with Crippen molar-refractivity contribution in [2.24, 2.45) is 11.7 Å². The molecule has 1 aromatic rings. The number of hydrogen-bond donors (Lipinski definition) is 2. The zero-order valence-electron chi connectivity index (χ0n) is 10.3. The van der Waals surface area contributed by atoms with Crippen LogP contribution in [0.4, 0.5) is 0 Å². The molecule has 1 aliphatic rings. The SMILES string of the molecule is Cc1cccc(S(=O)(=O)NCC(N)C2CC2)c1.Cl. The quantitative estimate of drug-likeness (QED) is 0.862. The minimum atomic E-state index is -3.41. The van der Waals surface area contributed by atoms with Crippen LogP contribution >= 0.6 is 12.4 Å². The number of hydrogen-bond acceptors (Lipinski definition) is 3. The Kier molecular flexibility index (Phi) is 5.16. The molecule has 1 unspecified atom stereocenters. The van der Waals surface area contributed by atoms with E-state index in [2.05, 4.69) is 4.72 Å². The molecule has 1 fully saturated rings. The Morgan fingerprint density at radius 3 is 2.67 bits per heavy atom. The van der Waals surface area contributed by atoms with Gasteiger partial charge in [-0.25, -0.2) is 13.1 Å². The van der Waals surface area contributed by atoms with Gasteiger partial charge in [-0.05, 0) is 43.4 Å². The van der Waals surface area contributed by atoms with Gasteiger partial charge in [-0.3, -0.25) is 0 Å². The predicted molar refractivity (Wildman–Crippen MR) is 74.3 cm³/mol. The van der Waals surface area contributed by atoms with E-state index in [0.717, 1.165) is 18.4 Å². The number of halogens is 1. The van der Waals surface area contributed by atoms with Crippen LogP contribution in [-0.4, -0.2) is 21.0 Å². The Balaban J connectivity index is 0.00000162. The van der Waals surface area contributed by atoms with Crippen LogP contribution in [0.1, 0.15) is 18.4 Å². The average Bonchev–Trinajstić information content (AvgIpc) is 3.10. The first-order valence-corrected chi connectivity index (χ1v) is 7.29. The number of benzene rings is 1. The third-order valence-electron chi connectivity index (χ3n) is 3.04. The van der Waals surface area contributed by atoms with Gasteiger partial charge in [0.05, 0.1) is 4.90 Å². The summed E-state index contributed by atoms with van der Waals surface area (Å²) < 4.78 is 26.5. The maximum atomic E-state index is 12.0. The Bertz CT molecular complexity index is 501. The number of nitrogens with two attached hydrogens (primary N) is 1. The minimum Gasteiger partial charge on any atom is -0.326 e. The van der Waals surface area contributed by atoms with Crippen molar-refractivity contribution in [1.29, 1.82) is 0 Å². The fourth-order valence-corrected chi connectivity index (χ4v) is 2.94. The summed E-state index contributed by atoms with van der Waals surface area (Å²) in [7, 11) is -3.41. The second-order valence-electron chi connectivity index (χ2n) is 4.67. The normalized spacial score (nSPS) is 17.0. The van der Waals surface area contributed by atoms with Crippen molar-refractivity contribution in [3.63, 3.8) is 0 Å². The zero-order chi connectivity index (χ0) is 12.5. The minimum absolute atomic E-state index is 0. The summed E-state index contributed by atoms with van der Waals surface area (Å²) in [5.74, 6) is 0.496. The van der Waals surface area contributed by atoms with Gasteiger partial charge in [0.15, 0.2) is 0 Å². The Morgan fingerprint density at radius 1 is 1.44 bits per heavy atom. The molecular formula is C12H19ClN2O2S. The van der Waals surface area contributed by atoms with Gasteiger partial charge in [0.25, 0.3) is 0 Å². The second-order valence-corrected chi connectivity index (χ2v) is 6.44. The molecule has 0 aromatic heterocycles. The van der Waals surface area contributed by atoms with Crippen LogP contribution in [0.25, 0.3) is 0 Å². The Hall–Kier alpha value is -0.620. The number of nitrogens with one attached hydrogen (secondary N) is 1. The van der Waals surface area contributed by atoms with E-state index < -0.39 is 10.0 Å². The molecular weight excluding hydrogens is 272 g/mol. The van der Waals surface area contributed by atoms with Gasteiger partial charge < -0.3 is 5.73 Å². The van der Waals surface area contributed by atoms with Gasteiger partial charge in [-0.2, -0.15) is 0 Å². The molecule has 1 aromatic carbocycles. The van der Waals surface area contributed by atoms with Crippen LogP contribution in [0.2, 0.25) is 0 Å². The highest BCUT2D eigenvalue weighted by molar-refractivity contribution is 7.89. The molecule has 0 heterocycles. The van der Waals surface area contributed by atoms with Crippen molar-refractivity contribution < 1.29 is 8.42 Å². The molecule has 0 amide bonds. The molecule has 1 aliphatic carbocycles. The average molecular weight is 291 g/mol. The highest BCUT2D eigenvalue weighted by Gasteiger charge is 2.29.